The third-order valence-corrected chi connectivity index (χ3v) is 5.81. The molecule has 6 heteroatoms. The Kier molecular flexibility index (Phi) is 5.46. The van der Waals surface area contributed by atoms with Crippen LogP contribution in [-0.2, 0) is 6.11 Å². The van der Waals surface area contributed by atoms with Crippen LogP contribution < -0.4 is 10.5 Å². The number of hydrogen-bond acceptors (Lipinski definition) is 2. The quantitative estimate of drug-likeness (QED) is 0.345. The van der Waals surface area contributed by atoms with Crippen molar-refractivity contribution in [2.24, 2.45) is 0 Å². The minimum atomic E-state index is -3.75. The molecular formula is C19H19F3INO. The van der Waals surface area contributed by atoms with Gasteiger partial charge in [-0.25, -0.2) is 4.39 Å². The van der Waals surface area contributed by atoms with Crippen molar-refractivity contribution in [1.82, 2.24) is 0 Å². The predicted molar refractivity (Wildman–Crippen MR) is 101 cm³/mol. The Morgan fingerprint density at radius 3 is 2.24 bits per heavy atom. The number of alkyl halides is 3. The fraction of sp³-hybridized carbons (Fsp3) is 0.368. The van der Waals surface area contributed by atoms with E-state index in [2.05, 4.69) is 22.6 Å². The van der Waals surface area contributed by atoms with E-state index >= 15 is 0 Å². The van der Waals surface area contributed by atoms with Crippen molar-refractivity contribution in [3.8, 4) is 5.75 Å². The number of ether oxygens (including phenoxy) is 1. The van der Waals surface area contributed by atoms with Crippen LogP contribution in [0.25, 0.3) is 0 Å². The second kappa shape index (κ2) is 7.43. The number of anilines is 1. The number of nitrogen functional groups attached to an aromatic ring is 1. The lowest BCUT2D eigenvalue weighted by Gasteiger charge is -2.26. The molecule has 1 saturated carbocycles. The Morgan fingerprint density at radius 1 is 1.00 bits per heavy atom. The fourth-order valence-electron chi connectivity index (χ4n) is 3.15. The molecule has 2 nitrogen and oxygen atoms in total. The smallest absolute Gasteiger partial charge is 0.429 e. The van der Waals surface area contributed by atoms with Crippen molar-refractivity contribution >= 4 is 28.3 Å². The summed E-state index contributed by atoms with van der Waals surface area (Å²) in [6, 6.07) is 9.53. The molecule has 3 rings (SSSR count). The van der Waals surface area contributed by atoms with Crippen molar-refractivity contribution in [3.63, 3.8) is 0 Å². The summed E-state index contributed by atoms with van der Waals surface area (Å²) in [7, 11) is 0. The number of hydrogen-bond donors (Lipinski definition) is 1. The maximum Gasteiger partial charge on any atom is 0.429 e. The summed E-state index contributed by atoms with van der Waals surface area (Å²) in [5.74, 6) is -0.765. The van der Waals surface area contributed by atoms with Crippen LogP contribution in [0.5, 0.6) is 5.75 Å². The summed E-state index contributed by atoms with van der Waals surface area (Å²) < 4.78 is 48.4. The highest BCUT2D eigenvalue weighted by Gasteiger charge is 2.38. The molecule has 1 fully saturated rings. The predicted octanol–water partition coefficient (Wildman–Crippen LogP) is 6.00. The Balaban J connectivity index is 1.78. The Bertz CT molecular complexity index is 728. The molecule has 25 heavy (non-hydrogen) atoms. The molecule has 2 N–H and O–H groups in total. The molecule has 0 aliphatic heterocycles. The van der Waals surface area contributed by atoms with Crippen LogP contribution in [0.3, 0.4) is 0 Å². The van der Waals surface area contributed by atoms with E-state index in [4.69, 9.17) is 10.5 Å². The Labute approximate surface area is 158 Å². The fourth-order valence-corrected chi connectivity index (χ4v) is 3.87. The SMILES string of the molecule is Nc1ccc(OC(F)(F)c2ccc(C3CCC(I)CC3)cc2F)cc1. The molecule has 0 aromatic heterocycles. The molecule has 134 valence electrons. The molecule has 0 saturated heterocycles. The lowest BCUT2D eigenvalue weighted by molar-refractivity contribution is -0.187. The van der Waals surface area contributed by atoms with Crippen molar-refractivity contribution < 1.29 is 17.9 Å². The molecule has 2 aromatic carbocycles. The van der Waals surface area contributed by atoms with E-state index in [-0.39, 0.29) is 11.7 Å². The first-order valence-electron chi connectivity index (χ1n) is 8.21. The van der Waals surface area contributed by atoms with Crippen LogP contribution in [0, 0.1) is 5.82 Å². The lowest BCUT2D eigenvalue weighted by atomic mass is 9.84. The third-order valence-electron chi connectivity index (χ3n) is 4.56. The topological polar surface area (TPSA) is 35.2 Å². The van der Waals surface area contributed by atoms with Gasteiger partial charge in [-0.05, 0) is 73.6 Å². The summed E-state index contributed by atoms with van der Waals surface area (Å²) in [4.78, 5) is 0. The molecular weight excluding hydrogens is 442 g/mol. The number of rotatable bonds is 4. The van der Waals surface area contributed by atoms with E-state index in [1.165, 1.54) is 30.3 Å². The first kappa shape index (κ1) is 18.4. The van der Waals surface area contributed by atoms with Crippen LogP contribution in [0.15, 0.2) is 42.5 Å². The summed E-state index contributed by atoms with van der Waals surface area (Å²) >= 11 is 2.42. The summed E-state index contributed by atoms with van der Waals surface area (Å²) in [6.45, 7) is 0. The van der Waals surface area contributed by atoms with Crippen molar-refractivity contribution in [3.05, 3.63) is 59.4 Å². The molecule has 0 unspecified atom stereocenters. The Hall–Kier alpha value is -1.44. The summed E-state index contributed by atoms with van der Waals surface area (Å²) in [6.07, 6.45) is 0.323. The highest BCUT2D eigenvalue weighted by atomic mass is 127. The highest BCUT2D eigenvalue weighted by Crippen LogP contribution is 2.38. The van der Waals surface area contributed by atoms with Gasteiger partial charge < -0.3 is 10.5 Å². The van der Waals surface area contributed by atoms with Crippen LogP contribution in [0.2, 0.25) is 0 Å². The average molecular weight is 461 g/mol. The molecule has 1 aliphatic carbocycles. The highest BCUT2D eigenvalue weighted by molar-refractivity contribution is 14.1. The zero-order valence-corrected chi connectivity index (χ0v) is 15.7. The van der Waals surface area contributed by atoms with E-state index in [1.54, 1.807) is 6.07 Å². The molecule has 0 spiro atoms. The number of nitrogens with two attached hydrogens (primary N) is 1. The second-order valence-electron chi connectivity index (χ2n) is 6.38. The molecule has 0 amide bonds. The van der Waals surface area contributed by atoms with Gasteiger partial charge in [-0.3, -0.25) is 0 Å². The van der Waals surface area contributed by atoms with Gasteiger partial charge >= 0.3 is 6.11 Å². The zero-order chi connectivity index (χ0) is 18.0. The lowest BCUT2D eigenvalue weighted by Crippen LogP contribution is -2.23. The van der Waals surface area contributed by atoms with E-state index in [0.717, 1.165) is 37.3 Å². The van der Waals surface area contributed by atoms with E-state index < -0.39 is 17.5 Å². The van der Waals surface area contributed by atoms with Crippen LogP contribution in [0.4, 0.5) is 18.9 Å². The van der Waals surface area contributed by atoms with Gasteiger partial charge in [0.1, 0.15) is 11.6 Å². The second-order valence-corrected chi connectivity index (χ2v) is 8.14. The summed E-state index contributed by atoms with van der Waals surface area (Å²) in [5, 5.41) is 0. The van der Waals surface area contributed by atoms with Gasteiger partial charge in [0.25, 0.3) is 0 Å². The minimum Gasteiger partial charge on any atom is -0.429 e. The van der Waals surface area contributed by atoms with Crippen molar-refractivity contribution in [1.29, 1.82) is 0 Å². The summed E-state index contributed by atoms with van der Waals surface area (Å²) in [5.41, 5.74) is 5.99. The monoisotopic (exact) mass is 461 g/mol. The molecule has 1 aliphatic rings. The first-order valence-corrected chi connectivity index (χ1v) is 9.46. The molecule has 0 bridgehead atoms. The number of halogens is 4. The zero-order valence-electron chi connectivity index (χ0n) is 13.5. The van der Waals surface area contributed by atoms with Gasteiger partial charge in [0.15, 0.2) is 0 Å². The molecule has 0 atom stereocenters. The molecule has 0 heterocycles. The minimum absolute atomic E-state index is 0.0666. The largest absolute Gasteiger partial charge is 0.429 e. The third kappa shape index (κ3) is 4.40. The van der Waals surface area contributed by atoms with Gasteiger partial charge in [0, 0.05) is 9.61 Å². The van der Waals surface area contributed by atoms with Gasteiger partial charge in [-0.1, -0.05) is 28.7 Å². The molecule has 0 radical (unpaired) electrons. The van der Waals surface area contributed by atoms with Crippen LogP contribution in [0.1, 0.15) is 42.7 Å². The standard InChI is InChI=1S/C19H19F3INO/c20-18-11-13(12-1-4-14(23)5-2-12)3-10-17(18)19(21,22)25-16-8-6-15(24)7-9-16/h3,6-12,14H,1-2,4-5,24H2. The first-order chi connectivity index (χ1) is 11.8. The van der Waals surface area contributed by atoms with Gasteiger partial charge in [0.2, 0.25) is 0 Å². The van der Waals surface area contributed by atoms with Crippen molar-refractivity contribution in [2.45, 2.75) is 41.6 Å². The maximum absolute atomic E-state index is 14.4. The molecule has 2 aromatic rings. The average Bonchev–Trinajstić information content (AvgIpc) is 2.57. The maximum atomic E-state index is 14.4. The van der Waals surface area contributed by atoms with Gasteiger partial charge in [-0.2, -0.15) is 8.78 Å². The van der Waals surface area contributed by atoms with E-state index in [9.17, 15) is 13.2 Å². The number of benzene rings is 2. The van der Waals surface area contributed by atoms with Crippen LogP contribution >= 0.6 is 22.6 Å². The van der Waals surface area contributed by atoms with E-state index in [0.29, 0.717) is 9.61 Å². The van der Waals surface area contributed by atoms with Gasteiger partial charge in [0.05, 0.1) is 5.56 Å². The van der Waals surface area contributed by atoms with Gasteiger partial charge in [-0.15, -0.1) is 0 Å². The van der Waals surface area contributed by atoms with E-state index in [1.807, 2.05) is 0 Å². The van der Waals surface area contributed by atoms with Crippen LogP contribution in [-0.4, -0.2) is 3.92 Å². The normalized spacial score (nSPS) is 21.1. The van der Waals surface area contributed by atoms with Crippen molar-refractivity contribution in [2.75, 3.05) is 5.73 Å². The Morgan fingerprint density at radius 2 is 1.64 bits per heavy atom.